The first kappa shape index (κ1) is 38.3. The van der Waals surface area contributed by atoms with Gasteiger partial charge in [-0.05, 0) is 30.5 Å². The minimum atomic E-state index is -0.908. The van der Waals surface area contributed by atoms with Crippen molar-refractivity contribution in [2.24, 2.45) is 0 Å². The van der Waals surface area contributed by atoms with Crippen LogP contribution in [0.2, 0.25) is 0 Å². The molecule has 0 radical (unpaired) electrons. The Morgan fingerprint density at radius 2 is 0.925 bits per heavy atom. The fourth-order valence-corrected chi connectivity index (χ4v) is 3.02. The van der Waals surface area contributed by atoms with Crippen molar-refractivity contribution in [1.29, 1.82) is 0 Å². The van der Waals surface area contributed by atoms with Crippen LogP contribution in [0.4, 0.5) is 0 Å². The van der Waals surface area contributed by atoms with E-state index >= 15 is 0 Å². The van der Waals surface area contributed by atoms with Crippen LogP contribution in [0.25, 0.3) is 0 Å². The summed E-state index contributed by atoms with van der Waals surface area (Å²) >= 11 is 0. The maximum Gasteiger partial charge on any atom is 0.335 e. The predicted octanol–water partition coefficient (Wildman–Crippen LogP) is 3.12. The molecule has 11 nitrogen and oxygen atoms in total. The second kappa shape index (κ2) is 31.9. The lowest BCUT2D eigenvalue weighted by atomic mass is 10.1. The molecule has 40 heavy (non-hydrogen) atoms. The van der Waals surface area contributed by atoms with Gasteiger partial charge < -0.3 is 47.7 Å². The van der Waals surface area contributed by atoms with Gasteiger partial charge in [0.05, 0.1) is 111 Å². The van der Waals surface area contributed by atoms with Crippen molar-refractivity contribution < 1.29 is 52.5 Å². The standard InChI is InChI=1S/C27H46O11.C2H6/c1-30-8-9-32-12-13-34-16-17-36-20-21-38-23-22-37-19-18-35-15-14-33-11-10-31-7-3-5-25-4-2-6-26(24-25)27(28)29;1-2/h2,4,6,24H,3,5,7-23H2,1H3,(H,28,29);1-2H3. The number of rotatable bonds is 29. The second-order valence-electron chi connectivity index (χ2n) is 8.00. The van der Waals surface area contributed by atoms with Crippen LogP contribution in [0.1, 0.15) is 36.2 Å². The van der Waals surface area contributed by atoms with Crippen LogP contribution in [0, 0.1) is 0 Å². The summed E-state index contributed by atoms with van der Waals surface area (Å²) < 4.78 is 48.3. The zero-order chi connectivity index (χ0) is 29.4. The maximum absolute atomic E-state index is 11.0. The van der Waals surface area contributed by atoms with Crippen LogP contribution in [0.3, 0.4) is 0 Å². The normalized spacial score (nSPS) is 10.9. The van der Waals surface area contributed by atoms with E-state index in [1.807, 2.05) is 19.9 Å². The van der Waals surface area contributed by atoms with Gasteiger partial charge in [-0.15, -0.1) is 0 Å². The molecule has 0 fully saturated rings. The van der Waals surface area contributed by atoms with Gasteiger partial charge in [0.2, 0.25) is 0 Å². The van der Waals surface area contributed by atoms with E-state index in [0.29, 0.717) is 118 Å². The molecule has 1 N–H and O–H groups in total. The molecule has 1 aromatic rings. The molecule has 11 heteroatoms. The third-order valence-corrected chi connectivity index (χ3v) is 4.96. The molecule has 0 aromatic heterocycles. The van der Waals surface area contributed by atoms with Gasteiger partial charge in [-0.1, -0.05) is 26.0 Å². The first-order valence-electron chi connectivity index (χ1n) is 14.2. The van der Waals surface area contributed by atoms with Gasteiger partial charge in [-0.3, -0.25) is 0 Å². The van der Waals surface area contributed by atoms with Crippen LogP contribution in [-0.2, 0) is 49.1 Å². The van der Waals surface area contributed by atoms with Crippen LogP contribution in [0.5, 0.6) is 0 Å². The molecule has 0 heterocycles. The van der Waals surface area contributed by atoms with E-state index in [4.69, 9.17) is 47.7 Å². The van der Waals surface area contributed by atoms with Crippen LogP contribution >= 0.6 is 0 Å². The number of carboxylic acid groups (broad SMARTS) is 1. The van der Waals surface area contributed by atoms with Gasteiger partial charge in [-0.25, -0.2) is 4.79 Å². The van der Waals surface area contributed by atoms with Crippen molar-refractivity contribution in [2.75, 3.05) is 119 Å². The number of aryl methyl sites for hydroxylation is 1. The average molecular weight is 577 g/mol. The Kier molecular flexibility index (Phi) is 30.5. The Hall–Kier alpha value is -1.67. The highest BCUT2D eigenvalue weighted by Gasteiger charge is 2.03. The molecule has 0 saturated heterocycles. The van der Waals surface area contributed by atoms with E-state index in [2.05, 4.69) is 0 Å². The van der Waals surface area contributed by atoms with Crippen molar-refractivity contribution >= 4 is 5.97 Å². The minimum Gasteiger partial charge on any atom is -0.478 e. The molecule has 0 aliphatic carbocycles. The van der Waals surface area contributed by atoms with Crippen molar-refractivity contribution in [1.82, 2.24) is 0 Å². The highest BCUT2D eigenvalue weighted by Crippen LogP contribution is 2.07. The highest BCUT2D eigenvalue weighted by atomic mass is 16.6. The van der Waals surface area contributed by atoms with Crippen molar-refractivity contribution in [3.8, 4) is 0 Å². The SMILES string of the molecule is CC.COCCOCCOCCOCCOCCOCCOCCOCCOCCCc1cccc(C(=O)O)c1. The molecule has 0 atom stereocenters. The first-order chi connectivity index (χ1) is 19.7. The first-order valence-corrected chi connectivity index (χ1v) is 14.2. The number of aromatic carboxylic acids is 1. The van der Waals surface area contributed by atoms with E-state index in [-0.39, 0.29) is 0 Å². The van der Waals surface area contributed by atoms with E-state index in [0.717, 1.165) is 18.4 Å². The molecule has 234 valence electrons. The summed E-state index contributed by atoms with van der Waals surface area (Å²) in [6, 6.07) is 6.98. The fourth-order valence-electron chi connectivity index (χ4n) is 3.02. The number of carbonyl (C=O) groups is 1. The lowest BCUT2D eigenvalue weighted by Crippen LogP contribution is -2.15. The smallest absolute Gasteiger partial charge is 0.335 e. The summed E-state index contributed by atoms with van der Waals surface area (Å²) in [6.07, 6.45) is 1.61. The van der Waals surface area contributed by atoms with Gasteiger partial charge in [0, 0.05) is 13.7 Å². The molecule has 1 rings (SSSR count). The highest BCUT2D eigenvalue weighted by molar-refractivity contribution is 5.87. The third-order valence-electron chi connectivity index (χ3n) is 4.96. The summed E-state index contributed by atoms with van der Waals surface area (Å²) in [5, 5.41) is 9.01. The summed E-state index contributed by atoms with van der Waals surface area (Å²) in [4.78, 5) is 11.0. The van der Waals surface area contributed by atoms with Gasteiger partial charge >= 0.3 is 5.97 Å². The molecular formula is C29H52O11. The molecule has 1 aromatic carbocycles. The number of carboxylic acids is 1. The zero-order valence-corrected chi connectivity index (χ0v) is 24.8. The Morgan fingerprint density at radius 1 is 0.575 bits per heavy atom. The van der Waals surface area contributed by atoms with Gasteiger partial charge in [0.15, 0.2) is 0 Å². The molecule has 0 spiro atoms. The topological polar surface area (TPSA) is 120 Å². The zero-order valence-electron chi connectivity index (χ0n) is 24.8. The van der Waals surface area contributed by atoms with Gasteiger partial charge in [-0.2, -0.15) is 0 Å². The average Bonchev–Trinajstić information content (AvgIpc) is 2.98. The van der Waals surface area contributed by atoms with Crippen LogP contribution in [0.15, 0.2) is 24.3 Å². The molecule has 0 aliphatic rings. The summed E-state index contributed by atoms with van der Waals surface area (Å²) in [5.74, 6) is -0.908. The number of hydrogen-bond donors (Lipinski definition) is 1. The van der Waals surface area contributed by atoms with Crippen LogP contribution in [-0.4, -0.2) is 131 Å². The quantitative estimate of drug-likeness (QED) is 0.142. The Bertz CT molecular complexity index is 661. The lowest BCUT2D eigenvalue weighted by Gasteiger charge is -2.09. The van der Waals surface area contributed by atoms with E-state index in [1.165, 1.54) is 0 Å². The Morgan fingerprint density at radius 3 is 1.27 bits per heavy atom. The van der Waals surface area contributed by atoms with E-state index in [9.17, 15) is 4.79 Å². The van der Waals surface area contributed by atoms with Gasteiger partial charge in [0.1, 0.15) is 0 Å². The fraction of sp³-hybridized carbons (Fsp3) is 0.759. The lowest BCUT2D eigenvalue weighted by molar-refractivity contribution is -0.0243. The van der Waals surface area contributed by atoms with Crippen LogP contribution < -0.4 is 0 Å². The summed E-state index contributed by atoms with van der Waals surface area (Å²) in [7, 11) is 1.64. The Labute approximate surface area is 240 Å². The maximum atomic E-state index is 11.0. The number of hydrogen-bond acceptors (Lipinski definition) is 10. The summed E-state index contributed by atoms with van der Waals surface area (Å²) in [5.41, 5.74) is 1.31. The molecule has 0 bridgehead atoms. The minimum absolute atomic E-state index is 0.312. The molecule has 0 saturated carbocycles. The summed E-state index contributed by atoms with van der Waals surface area (Å²) in [6.45, 7) is 13.0. The van der Waals surface area contributed by atoms with Gasteiger partial charge in [0.25, 0.3) is 0 Å². The van der Waals surface area contributed by atoms with Crippen molar-refractivity contribution in [2.45, 2.75) is 26.7 Å². The van der Waals surface area contributed by atoms with E-state index < -0.39 is 5.97 Å². The molecular weight excluding hydrogens is 524 g/mol. The number of benzene rings is 1. The van der Waals surface area contributed by atoms with E-state index in [1.54, 1.807) is 25.3 Å². The van der Waals surface area contributed by atoms with Crippen molar-refractivity contribution in [3.63, 3.8) is 0 Å². The third kappa shape index (κ3) is 26.5. The predicted molar refractivity (Wildman–Crippen MR) is 151 cm³/mol. The largest absolute Gasteiger partial charge is 0.478 e. The number of ether oxygens (including phenoxy) is 9. The number of methoxy groups -OCH3 is 1. The molecule has 0 amide bonds. The molecule has 0 aliphatic heterocycles. The monoisotopic (exact) mass is 576 g/mol. The Balaban J connectivity index is 0.00000742. The second-order valence-corrected chi connectivity index (χ2v) is 8.00. The molecule has 0 unspecified atom stereocenters. The van der Waals surface area contributed by atoms with Crippen molar-refractivity contribution in [3.05, 3.63) is 35.4 Å².